The van der Waals surface area contributed by atoms with Gasteiger partial charge in [-0.05, 0) is 19.8 Å². The number of nitrogens with zero attached hydrogens (tertiary/aromatic N) is 2. The SMILES string of the molecule is Cc1csc(N2C(=O)[C@@H]3[C@@H](C2=O)[C@H]2CC[C@@H]3O2)n1. The van der Waals surface area contributed by atoms with Gasteiger partial charge in [0.15, 0.2) is 5.13 Å². The van der Waals surface area contributed by atoms with Crippen molar-refractivity contribution in [1.82, 2.24) is 4.98 Å². The van der Waals surface area contributed by atoms with Gasteiger partial charge >= 0.3 is 0 Å². The zero-order valence-electron chi connectivity index (χ0n) is 9.83. The first-order valence-electron chi connectivity index (χ1n) is 6.12. The second kappa shape index (κ2) is 3.39. The molecule has 0 radical (unpaired) electrons. The molecule has 94 valence electrons. The molecule has 1 aromatic heterocycles. The van der Waals surface area contributed by atoms with Crippen molar-refractivity contribution in [1.29, 1.82) is 0 Å². The molecule has 0 spiro atoms. The number of anilines is 1. The molecule has 0 saturated carbocycles. The molecule has 0 aliphatic carbocycles. The molecular weight excluding hydrogens is 252 g/mol. The van der Waals surface area contributed by atoms with Crippen LogP contribution in [-0.2, 0) is 14.3 Å². The lowest BCUT2D eigenvalue weighted by atomic mass is 9.81. The van der Waals surface area contributed by atoms with Gasteiger partial charge in [-0.2, -0.15) is 0 Å². The standard InChI is InChI=1S/C12H12N2O3S/c1-5-4-18-12(13-5)14-10(15)8-6-2-3-7(17-6)9(8)11(14)16/h4,6-9H,2-3H2,1H3/t6-,7+,8-,9-/m0/s1. The number of amides is 2. The number of carbonyl (C=O) groups excluding carboxylic acids is 2. The van der Waals surface area contributed by atoms with Gasteiger partial charge in [0.25, 0.3) is 0 Å². The number of hydrogen-bond donors (Lipinski definition) is 0. The second-order valence-corrected chi connectivity index (χ2v) is 5.96. The van der Waals surface area contributed by atoms with Gasteiger partial charge < -0.3 is 4.74 Å². The lowest BCUT2D eigenvalue weighted by Crippen LogP contribution is -2.34. The smallest absolute Gasteiger partial charge is 0.242 e. The monoisotopic (exact) mass is 264 g/mol. The molecule has 4 rings (SSSR count). The van der Waals surface area contributed by atoms with Crippen molar-refractivity contribution in [2.75, 3.05) is 4.90 Å². The number of thiazole rings is 1. The van der Waals surface area contributed by atoms with Crippen LogP contribution in [0.5, 0.6) is 0 Å². The molecule has 0 unspecified atom stereocenters. The maximum Gasteiger partial charge on any atom is 0.242 e. The van der Waals surface area contributed by atoms with E-state index in [1.54, 1.807) is 0 Å². The van der Waals surface area contributed by atoms with Gasteiger partial charge in [-0.1, -0.05) is 0 Å². The highest BCUT2D eigenvalue weighted by Gasteiger charge is 2.63. The summed E-state index contributed by atoms with van der Waals surface area (Å²) < 4.78 is 5.68. The van der Waals surface area contributed by atoms with Gasteiger partial charge in [-0.3, -0.25) is 9.59 Å². The number of ether oxygens (including phenoxy) is 1. The van der Waals surface area contributed by atoms with E-state index in [1.807, 2.05) is 12.3 Å². The van der Waals surface area contributed by atoms with E-state index in [0.29, 0.717) is 5.13 Å². The Morgan fingerprint density at radius 3 is 2.39 bits per heavy atom. The van der Waals surface area contributed by atoms with Crippen LogP contribution in [0.15, 0.2) is 5.38 Å². The van der Waals surface area contributed by atoms with Crippen LogP contribution in [0.2, 0.25) is 0 Å². The third-order valence-electron chi connectivity index (χ3n) is 4.08. The van der Waals surface area contributed by atoms with Gasteiger partial charge in [-0.15, -0.1) is 11.3 Å². The summed E-state index contributed by atoms with van der Waals surface area (Å²) in [6, 6.07) is 0. The molecule has 0 aromatic carbocycles. The van der Waals surface area contributed by atoms with Crippen LogP contribution < -0.4 is 4.90 Å². The summed E-state index contributed by atoms with van der Waals surface area (Å²) >= 11 is 1.35. The lowest BCUT2D eigenvalue weighted by molar-refractivity contribution is -0.124. The van der Waals surface area contributed by atoms with Crippen LogP contribution in [-0.4, -0.2) is 29.0 Å². The lowest BCUT2D eigenvalue weighted by Gasteiger charge is -2.14. The molecule has 3 aliphatic heterocycles. The van der Waals surface area contributed by atoms with Gasteiger partial charge in [-0.25, -0.2) is 9.88 Å². The van der Waals surface area contributed by atoms with E-state index >= 15 is 0 Å². The van der Waals surface area contributed by atoms with Crippen LogP contribution in [0.1, 0.15) is 18.5 Å². The van der Waals surface area contributed by atoms with Gasteiger partial charge in [0.1, 0.15) is 0 Å². The van der Waals surface area contributed by atoms with Crippen molar-refractivity contribution in [2.45, 2.75) is 32.0 Å². The molecule has 1 aromatic rings. The average molecular weight is 264 g/mol. The maximum absolute atomic E-state index is 12.4. The van der Waals surface area contributed by atoms with E-state index in [0.717, 1.165) is 18.5 Å². The number of aromatic nitrogens is 1. The first-order chi connectivity index (χ1) is 8.66. The quantitative estimate of drug-likeness (QED) is 0.713. The average Bonchev–Trinajstić information content (AvgIpc) is 3.05. The molecule has 3 saturated heterocycles. The van der Waals surface area contributed by atoms with Crippen molar-refractivity contribution in [3.63, 3.8) is 0 Å². The summed E-state index contributed by atoms with van der Waals surface area (Å²) in [6.45, 7) is 1.86. The Morgan fingerprint density at radius 1 is 1.28 bits per heavy atom. The molecule has 6 heteroatoms. The van der Waals surface area contributed by atoms with Gasteiger partial charge in [0, 0.05) is 5.38 Å². The largest absolute Gasteiger partial charge is 0.373 e. The Morgan fingerprint density at radius 2 is 1.89 bits per heavy atom. The fourth-order valence-electron chi connectivity index (χ4n) is 3.34. The minimum absolute atomic E-state index is 0.0532. The van der Waals surface area contributed by atoms with Crippen molar-refractivity contribution >= 4 is 28.3 Å². The highest BCUT2D eigenvalue weighted by molar-refractivity contribution is 7.14. The van der Waals surface area contributed by atoms with E-state index in [4.69, 9.17) is 4.74 Å². The Labute approximate surface area is 108 Å². The normalized spacial score (nSPS) is 37.7. The number of fused-ring (bicyclic) bond motifs is 5. The molecule has 5 nitrogen and oxygen atoms in total. The zero-order valence-corrected chi connectivity index (χ0v) is 10.6. The Balaban J connectivity index is 1.75. The van der Waals surface area contributed by atoms with Crippen LogP contribution in [0.3, 0.4) is 0 Å². The number of hydrogen-bond acceptors (Lipinski definition) is 5. The van der Waals surface area contributed by atoms with Crippen molar-refractivity contribution in [3.05, 3.63) is 11.1 Å². The molecule has 18 heavy (non-hydrogen) atoms. The van der Waals surface area contributed by atoms with Crippen molar-refractivity contribution in [3.8, 4) is 0 Å². The number of rotatable bonds is 1. The van der Waals surface area contributed by atoms with Crippen LogP contribution in [0.4, 0.5) is 5.13 Å². The molecule has 0 N–H and O–H groups in total. The second-order valence-electron chi connectivity index (χ2n) is 5.13. The Bertz CT molecular complexity index is 527. The van der Waals surface area contributed by atoms with E-state index in [-0.39, 0.29) is 35.9 Å². The Kier molecular flexibility index (Phi) is 2.00. The van der Waals surface area contributed by atoms with Crippen molar-refractivity contribution < 1.29 is 14.3 Å². The van der Waals surface area contributed by atoms with Crippen LogP contribution >= 0.6 is 11.3 Å². The molecule has 4 atom stereocenters. The predicted octanol–water partition coefficient (Wildman–Crippen LogP) is 1.12. The highest BCUT2D eigenvalue weighted by Crippen LogP contribution is 2.49. The molecule has 2 bridgehead atoms. The highest BCUT2D eigenvalue weighted by atomic mass is 32.1. The van der Waals surface area contributed by atoms with Crippen LogP contribution in [0, 0.1) is 18.8 Å². The van der Waals surface area contributed by atoms with E-state index in [1.165, 1.54) is 16.2 Å². The number of aryl methyl sites for hydroxylation is 1. The summed E-state index contributed by atoms with van der Waals surface area (Å²) in [7, 11) is 0. The molecule has 3 fully saturated rings. The predicted molar refractivity (Wildman–Crippen MR) is 64.2 cm³/mol. The van der Waals surface area contributed by atoms with E-state index in [2.05, 4.69) is 4.98 Å². The maximum atomic E-state index is 12.4. The van der Waals surface area contributed by atoms with Crippen molar-refractivity contribution in [2.24, 2.45) is 11.8 Å². The summed E-state index contributed by atoms with van der Waals surface area (Å²) in [4.78, 5) is 30.3. The minimum atomic E-state index is -0.263. The Hall–Kier alpha value is -1.27. The molecule has 3 aliphatic rings. The van der Waals surface area contributed by atoms with E-state index < -0.39 is 0 Å². The fraction of sp³-hybridized carbons (Fsp3) is 0.583. The summed E-state index contributed by atoms with van der Waals surface area (Å²) in [5.41, 5.74) is 0.840. The third-order valence-corrected chi connectivity index (χ3v) is 5.03. The van der Waals surface area contributed by atoms with Crippen LogP contribution in [0.25, 0.3) is 0 Å². The minimum Gasteiger partial charge on any atom is -0.373 e. The molecule has 2 amide bonds. The fourth-order valence-corrected chi connectivity index (χ4v) is 4.16. The molecule has 4 heterocycles. The van der Waals surface area contributed by atoms with E-state index in [9.17, 15) is 9.59 Å². The van der Waals surface area contributed by atoms with Gasteiger partial charge in [0.2, 0.25) is 11.8 Å². The summed E-state index contributed by atoms with van der Waals surface area (Å²) in [5, 5.41) is 2.37. The number of carbonyl (C=O) groups is 2. The topological polar surface area (TPSA) is 59.5 Å². The number of imide groups is 1. The summed E-state index contributed by atoms with van der Waals surface area (Å²) in [5.74, 6) is -0.765. The third kappa shape index (κ3) is 1.17. The first kappa shape index (κ1) is 10.6. The first-order valence-corrected chi connectivity index (χ1v) is 7.00. The zero-order chi connectivity index (χ0) is 12.4. The van der Waals surface area contributed by atoms with Gasteiger partial charge in [0.05, 0.1) is 29.7 Å². The summed E-state index contributed by atoms with van der Waals surface area (Å²) in [6.07, 6.45) is 1.69. The molecular formula is C12H12N2O3S.